The number of hydrogen-bond donors (Lipinski definition) is 1. The number of amides is 1. The van der Waals surface area contributed by atoms with E-state index in [0.717, 1.165) is 41.8 Å². The van der Waals surface area contributed by atoms with Crippen LogP contribution in [0, 0.1) is 5.92 Å². The van der Waals surface area contributed by atoms with Crippen LogP contribution in [0.1, 0.15) is 37.9 Å². The van der Waals surface area contributed by atoms with Crippen molar-refractivity contribution in [2.45, 2.75) is 38.3 Å². The van der Waals surface area contributed by atoms with E-state index in [2.05, 4.69) is 25.5 Å². The Labute approximate surface area is 194 Å². The number of aromatic nitrogens is 4. The SMILES string of the molecule is O=C(Nc1ccccc1N1CCCCC1)C1CCN(c2ccc3nnc(C(F)(F)F)n3n2)CC1. The molecule has 2 aromatic heterocycles. The third-order valence-corrected chi connectivity index (χ3v) is 6.55. The molecule has 0 saturated carbocycles. The molecule has 0 unspecified atom stereocenters. The second kappa shape index (κ2) is 9.11. The molecule has 1 N–H and O–H groups in total. The van der Waals surface area contributed by atoms with Crippen molar-refractivity contribution in [3.63, 3.8) is 0 Å². The van der Waals surface area contributed by atoms with Gasteiger partial charge < -0.3 is 15.1 Å². The predicted molar refractivity (Wildman–Crippen MR) is 122 cm³/mol. The maximum atomic E-state index is 13.2. The fraction of sp³-hybridized carbons (Fsp3) is 0.478. The first-order valence-corrected chi connectivity index (χ1v) is 11.6. The van der Waals surface area contributed by atoms with Gasteiger partial charge in [-0.3, -0.25) is 4.79 Å². The minimum absolute atomic E-state index is 0.0225. The number of benzene rings is 1. The quantitative estimate of drug-likeness (QED) is 0.618. The second-order valence-electron chi connectivity index (χ2n) is 8.80. The van der Waals surface area contributed by atoms with E-state index in [1.54, 1.807) is 6.07 Å². The van der Waals surface area contributed by atoms with Crippen molar-refractivity contribution in [2.24, 2.45) is 5.92 Å². The summed E-state index contributed by atoms with van der Waals surface area (Å²) in [6, 6.07) is 11.0. The van der Waals surface area contributed by atoms with Crippen molar-refractivity contribution >= 4 is 28.7 Å². The number of piperidine rings is 2. The third-order valence-electron chi connectivity index (χ3n) is 6.55. The van der Waals surface area contributed by atoms with Crippen LogP contribution in [0.15, 0.2) is 36.4 Å². The molecule has 5 rings (SSSR count). The molecule has 180 valence electrons. The van der Waals surface area contributed by atoms with E-state index in [-0.39, 0.29) is 17.5 Å². The van der Waals surface area contributed by atoms with Gasteiger partial charge in [0, 0.05) is 32.1 Å². The number of halogens is 3. The van der Waals surface area contributed by atoms with Gasteiger partial charge in [0.15, 0.2) is 5.65 Å². The highest BCUT2D eigenvalue weighted by Crippen LogP contribution is 2.31. The monoisotopic (exact) mass is 473 g/mol. The first-order valence-electron chi connectivity index (χ1n) is 11.6. The molecule has 0 radical (unpaired) electrons. The molecule has 8 nitrogen and oxygen atoms in total. The number of hydrogen-bond acceptors (Lipinski definition) is 6. The molecule has 0 spiro atoms. The van der Waals surface area contributed by atoms with Crippen LogP contribution in [0.4, 0.5) is 30.4 Å². The fourth-order valence-corrected chi connectivity index (χ4v) is 4.72. The molecular formula is C23H26F3N7O. The molecule has 0 bridgehead atoms. The number of alkyl halides is 3. The van der Waals surface area contributed by atoms with Gasteiger partial charge in [0.1, 0.15) is 5.82 Å². The van der Waals surface area contributed by atoms with E-state index in [9.17, 15) is 18.0 Å². The molecule has 11 heteroatoms. The van der Waals surface area contributed by atoms with Crippen molar-refractivity contribution in [3.8, 4) is 0 Å². The van der Waals surface area contributed by atoms with Gasteiger partial charge in [-0.15, -0.1) is 15.3 Å². The molecule has 0 atom stereocenters. The summed E-state index contributed by atoms with van der Waals surface area (Å²) in [4.78, 5) is 17.2. The molecule has 1 amide bonds. The average Bonchev–Trinajstić information content (AvgIpc) is 3.29. The van der Waals surface area contributed by atoms with Crippen LogP contribution >= 0.6 is 0 Å². The summed E-state index contributed by atoms with van der Waals surface area (Å²) >= 11 is 0. The number of nitrogens with one attached hydrogen (secondary N) is 1. The van der Waals surface area contributed by atoms with Gasteiger partial charge >= 0.3 is 6.18 Å². The Bertz CT molecular complexity index is 1160. The largest absolute Gasteiger partial charge is 0.453 e. The number of nitrogens with zero attached hydrogens (tertiary/aromatic N) is 6. The molecule has 2 saturated heterocycles. The van der Waals surface area contributed by atoms with Crippen LogP contribution in [0.2, 0.25) is 0 Å². The zero-order chi connectivity index (χ0) is 23.7. The van der Waals surface area contributed by atoms with E-state index in [1.165, 1.54) is 12.5 Å². The maximum absolute atomic E-state index is 13.2. The Morgan fingerprint density at radius 3 is 2.38 bits per heavy atom. The lowest BCUT2D eigenvalue weighted by Gasteiger charge is -2.33. The summed E-state index contributed by atoms with van der Waals surface area (Å²) in [6.45, 7) is 3.03. The summed E-state index contributed by atoms with van der Waals surface area (Å²) in [5, 5.41) is 14.0. The maximum Gasteiger partial charge on any atom is 0.453 e. The van der Waals surface area contributed by atoms with E-state index in [0.29, 0.717) is 31.7 Å². The first-order chi connectivity index (χ1) is 16.4. The van der Waals surface area contributed by atoms with Crippen molar-refractivity contribution in [2.75, 3.05) is 41.3 Å². The average molecular weight is 474 g/mol. The third kappa shape index (κ3) is 4.51. The molecule has 2 aliphatic rings. The highest BCUT2D eigenvalue weighted by atomic mass is 19.4. The van der Waals surface area contributed by atoms with E-state index >= 15 is 0 Å². The first kappa shape index (κ1) is 22.4. The molecular weight excluding hydrogens is 447 g/mol. The number of anilines is 3. The van der Waals surface area contributed by atoms with Crippen molar-refractivity contribution in [1.29, 1.82) is 0 Å². The number of fused-ring (bicyclic) bond motifs is 1. The van der Waals surface area contributed by atoms with Crippen molar-refractivity contribution in [3.05, 3.63) is 42.2 Å². The minimum atomic E-state index is -4.64. The van der Waals surface area contributed by atoms with Gasteiger partial charge in [-0.25, -0.2) is 0 Å². The summed E-state index contributed by atoms with van der Waals surface area (Å²) in [5.74, 6) is -0.932. The second-order valence-corrected chi connectivity index (χ2v) is 8.80. The normalized spacial score (nSPS) is 17.9. The van der Waals surface area contributed by atoms with Crippen molar-refractivity contribution < 1.29 is 18.0 Å². The lowest BCUT2D eigenvalue weighted by molar-refractivity contribution is -0.146. The lowest BCUT2D eigenvalue weighted by atomic mass is 9.95. The van der Waals surface area contributed by atoms with Crippen LogP contribution in [0.5, 0.6) is 0 Å². The topological polar surface area (TPSA) is 78.7 Å². The molecule has 0 aliphatic carbocycles. The summed E-state index contributed by atoms with van der Waals surface area (Å²) in [7, 11) is 0. The Balaban J connectivity index is 1.24. The minimum Gasteiger partial charge on any atom is -0.370 e. The van der Waals surface area contributed by atoms with Gasteiger partial charge in [-0.2, -0.15) is 17.7 Å². The number of para-hydroxylation sites is 2. The molecule has 1 aromatic carbocycles. The standard InChI is InChI=1S/C23H26F3N7O/c24-23(25,26)22-29-28-19-8-9-20(30-33(19)22)32-14-10-16(11-15-32)21(34)27-17-6-2-3-7-18(17)31-12-4-1-5-13-31/h2-3,6-9,16H,1,4-5,10-15H2,(H,27,34). The van der Waals surface area contributed by atoms with E-state index < -0.39 is 12.0 Å². The van der Waals surface area contributed by atoms with Crippen LogP contribution in [-0.2, 0) is 11.0 Å². The molecule has 2 fully saturated rings. The van der Waals surface area contributed by atoms with Crippen LogP contribution in [0.3, 0.4) is 0 Å². The summed E-state index contributed by atoms with van der Waals surface area (Å²) < 4.78 is 40.2. The van der Waals surface area contributed by atoms with Gasteiger partial charge in [-0.1, -0.05) is 12.1 Å². The van der Waals surface area contributed by atoms with E-state index in [4.69, 9.17) is 0 Å². The number of carbonyl (C=O) groups excluding carboxylic acids is 1. The van der Waals surface area contributed by atoms with Crippen LogP contribution < -0.4 is 15.1 Å². The lowest BCUT2D eigenvalue weighted by Crippen LogP contribution is -2.39. The molecule has 2 aliphatic heterocycles. The Morgan fingerprint density at radius 2 is 1.65 bits per heavy atom. The number of carbonyl (C=O) groups is 1. The van der Waals surface area contributed by atoms with Gasteiger partial charge in [-0.05, 0) is 56.4 Å². The highest BCUT2D eigenvalue weighted by molar-refractivity contribution is 5.96. The molecule has 4 heterocycles. The zero-order valence-corrected chi connectivity index (χ0v) is 18.6. The van der Waals surface area contributed by atoms with Gasteiger partial charge in [0.25, 0.3) is 5.82 Å². The fourth-order valence-electron chi connectivity index (χ4n) is 4.72. The Morgan fingerprint density at radius 1 is 0.912 bits per heavy atom. The van der Waals surface area contributed by atoms with Crippen LogP contribution in [0.25, 0.3) is 5.65 Å². The Hall–Kier alpha value is -3.37. The molecule has 3 aromatic rings. The highest BCUT2D eigenvalue weighted by Gasteiger charge is 2.38. The van der Waals surface area contributed by atoms with Gasteiger partial charge in [0.2, 0.25) is 5.91 Å². The van der Waals surface area contributed by atoms with Gasteiger partial charge in [0.05, 0.1) is 11.4 Å². The summed E-state index contributed by atoms with van der Waals surface area (Å²) in [5.41, 5.74) is 1.92. The number of rotatable bonds is 4. The Kier molecular flexibility index (Phi) is 6.01. The smallest absolute Gasteiger partial charge is 0.370 e. The summed E-state index contributed by atoms with van der Waals surface area (Å²) in [6.07, 6.45) is 0.0820. The predicted octanol–water partition coefficient (Wildman–Crippen LogP) is 3.99. The van der Waals surface area contributed by atoms with Crippen molar-refractivity contribution in [1.82, 2.24) is 19.8 Å². The van der Waals surface area contributed by atoms with Crippen LogP contribution in [-0.4, -0.2) is 51.9 Å². The zero-order valence-electron chi connectivity index (χ0n) is 18.6. The van der Waals surface area contributed by atoms with E-state index in [1.807, 2.05) is 29.2 Å². The molecule has 34 heavy (non-hydrogen) atoms.